The summed E-state index contributed by atoms with van der Waals surface area (Å²) >= 11 is 0. The number of piperazine rings is 1. The van der Waals surface area contributed by atoms with E-state index >= 15 is 0 Å². The number of ether oxygens (including phenoxy) is 1. The molecule has 3 rings (SSSR count). The van der Waals surface area contributed by atoms with Gasteiger partial charge in [-0.15, -0.1) is 0 Å². The lowest BCUT2D eigenvalue weighted by atomic mass is 10.2. The number of sulfonamides is 1. The van der Waals surface area contributed by atoms with Crippen molar-refractivity contribution in [1.82, 2.24) is 14.5 Å². The third-order valence-electron chi connectivity index (χ3n) is 4.80. The fourth-order valence-electron chi connectivity index (χ4n) is 3.40. The molecule has 2 heterocycles. The van der Waals surface area contributed by atoms with Crippen molar-refractivity contribution in [3.8, 4) is 0 Å². The molecule has 25 heavy (non-hydrogen) atoms. The zero-order valence-electron chi connectivity index (χ0n) is 14.5. The zero-order valence-corrected chi connectivity index (χ0v) is 15.3. The Morgan fingerprint density at radius 1 is 1.20 bits per heavy atom. The van der Waals surface area contributed by atoms with E-state index in [1.54, 1.807) is 11.2 Å². The Hall–Kier alpha value is -1.48. The van der Waals surface area contributed by atoms with Gasteiger partial charge in [-0.2, -0.15) is 4.31 Å². The van der Waals surface area contributed by atoms with Gasteiger partial charge in [-0.1, -0.05) is 0 Å². The van der Waals surface area contributed by atoms with Crippen LogP contribution in [0.3, 0.4) is 0 Å². The van der Waals surface area contributed by atoms with Crippen LogP contribution in [0.25, 0.3) is 0 Å². The smallest absolute Gasteiger partial charge is 0.338 e. The second-order valence-electron chi connectivity index (χ2n) is 6.34. The molecule has 1 unspecified atom stereocenters. The SMILES string of the molecule is CCOC(=O)c1ccc(S(=O)(=O)N2CCC(N3CCNCC3)C2)cc1. The van der Waals surface area contributed by atoms with Gasteiger partial charge < -0.3 is 10.1 Å². The summed E-state index contributed by atoms with van der Waals surface area (Å²) in [5.74, 6) is -0.439. The van der Waals surface area contributed by atoms with E-state index in [0.717, 1.165) is 32.6 Å². The van der Waals surface area contributed by atoms with Crippen LogP contribution in [-0.4, -0.2) is 75.5 Å². The van der Waals surface area contributed by atoms with E-state index < -0.39 is 16.0 Å². The van der Waals surface area contributed by atoms with Crippen molar-refractivity contribution >= 4 is 16.0 Å². The predicted molar refractivity (Wildman–Crippen MR) is 94.0 cm³/mol. The first-order valence-electron chi connectivity index (χ1n) is 8.74. The highest BCUT2D eigenvalue weighted by atomic mass is 32.2. The van der Waals surface area contributed by atoms with Crippen LogP contribution in [0, 0.1) is 0 Å². The van der Waals surface area contributed by atoms with Crippen molar-refractivity contribution in [2.45, 2.75) is 24.3 Å². The van der Waals surface area contributed by atoms with Crippen LogP contribution in [0.1, 0.15) is 23.7 Å². The van der Waals surface area contributed by atoms with Crippen LogP contribution < -0.4 is 5.32 Å². The molecule has 138 valence electrons. The Balaban J connectivity index is 1.68. The number of benzene rings is 1. The van der Waals surface area contributed by atoms with Gasteiger partial charge in [-0.3, -0.25) is 4.90 Å². The molecule has 0 saturated carbocycles. The number of rotatable bonds is 5. The first-order chi connectivity index (χ1) is 12.0. The van der Waals surface area contributed by atoms with Gasteiger partial charge in [0.05, 0.1) is 17.1 Å². The summed E-state index contributed by atoms with van der Waals surface area (Å²) in [5, 5.41) is 3.32. The van der Waals surface area contributed by atoms with Crippen molar-refractivity contribution in [3.63, 3.8) is 0 Å². The minimum Gasteiger partial charge on any atom is -0.462 e. The van der Waals surface area contributed by atoms with E-state index in [0.29, 0.717) is 25.3 Å². The summed E-state index contributed by atoms with van der Waals surface area (Å²) in [5.41, 5.74) is 0.362. The van der Waals surface area contributed by atoms with Crippen LogP contribution in [-0.2, 0) is 14.8 Å². The second-order valence-corrected chi connectivity index (χ2v) is 8.27. The molecule has 2 saturated heterocycles. The van der Waals surface area contributed by atoms with Crippen molar-refractivity contribution in [1.29, 1.82) is 0 Å². The quantitative estimate of drug-likeness (QED) is 0.765. The third kappa shape index (κ3) is 4.03. The summed E-state index contributed by atoms with van der Waals surface area (Å²) in [7, 11) is -3.53. The highest BCUT2D eigenvalue weighted by Crippen LogP contribution is 2.24. The summed E-state index contributed by atoms with van der Waals surface area (Å²) < 4.78 is 32.2. The van der Waals surface area contributed by atoms with E-state index in [9.17, 15) is 13.2 Å². The van der Waals surface area contributed by atoms with Gasteiger partial charge in [-0.25, -0.2) is 13.2 Å². The van der Waals surface area contributed by atoms with Gasteiger partial charge in [0.1, 0.15) is 0 Å². The van der Waals surface area contributed by atoms with Gasteiger partial charge in [0.25, 0.3) is 0 Å². The van der Waals surface area contributed by atoms with Crippen molar-refractivity contribution in [3.05, 3.63) is 29.8 Å². The van der Waals surface area contributed by atoms with Crippen LogP contribution >= 0.6 is 0 Å². The number of hydrogen-bond donors (Lipinski definition) is 1. The van der Waals surface area contributed by atoms with Crippen LogP contribution in [0.5, 0.6) is 0 Å². The maximum Gasteiger partial charge on any atom is 0.338 e. The van der Waals surface area contributed by atoms with E-state index in [1.807, 2.05) is 0 Å². The molecule has 1 N–H and O–H groups in total. The standard InChI is InChI=1S/C17H25N3O4S/c1-2-24-17(21)14-3-5-16(6-4-14)25(22,23)20-10-7-15(13-20)19-11-8-18-9-12-19/h3-6,15,18H,2,7-13H2,1H3. The molecule has 0 radical (unpaired) electrons. The highest BCUT2D eigenvalue weighted by Gasteiger charge is 2.35. The molecule has 1 aromatic carbocycles. The molecule has 0 aromatic heterocycles. The average molecular weight is 367 g/mol. The molecule has 2 aliphatic heterocycles. The molecule has 7 nitrogen and oxygen atoms in total. The summed E-state index contributed by atoms with van der Waals surface area (Å²) in [6.45, 7) is 6.94. The molecule has 0 spiro atoms. The predicted octanol–water partition coefficient (Wildman–Crippen LogP) is 0.532. The first-order valence-corrected chi connectivity index (χ1v) is 10.2. The normalized spacial score (nSPS) is 22.8. The lowest BCUT2D eigenvalue weighted by molar-refractivity contribution is 0.0526. The molecule has 1 aromatic rings. The third-order valence-corrected chi connectivity index (χ3v) is 6.68. The van der Waals surface area contributed by atoms with Crippen LogP contribution in [0.4, 0.5) is 0 Å². The van der Waals surface area contributed by atoms with Crippen LogP contribution in [0.15, 0.2) is 29.2 Å². The molecule has 8 heteroatoms. The number of hydrogen-bond acceptors (Lipinski definition) is 6. The van der Waals surface area contributed by atoms with E-state index in [4.69, 9.17) is 4.74 Å². The zero-order chi connectivity index (χ0) is 17.9. The van der Waals surface area contributed by atoms with Crippen molar-refractivity contribution in [2.75, 3.05) is 45.9 Å². The molecule has 0 amide bonds. The molecule has 0 aliphatic carbocycles. The van der Waals surface area contributed by atoms with Crippen molar-refractivity contribution < 1.29 is 17.9 Å². The maximum absolute atomic E-state index is 12.8. The lowest BCUT2D eigenvalue weighted by Gasteiger charge is -2.32. The van der Waals surface area contributed by atoms with E-state index in [1.165, 1.54) is 24.3 Å². The van der Waals surface area contributed by atoms with Gasteiger partial charge >= 0.3 is 5.97 Å². The van der Waals surface area contributed by atoms with Gasteiger partial charge in [0.15, 0.2) is 0 Å². The van der Waals surface area contributed by atoms with E-state index in [-0.39, 0.29) is 10.9 Å². The lowest BCUT2D eigenvalue weighted by Crippen LogP contribution is -2.49. The Morgan fingerprint density at radius 2 is 1.88 bits per heavy atom. The Morgan fingerprint density at radius 3 is 2.52 bits per heavy atom. The summed E-state index contributed by atoms with van der Waals surface area (Å²) in [6, 6.07) is 6.28. The number of carbonyl (C=O) groups is 1. The monoisotopic (exact) mass is 367 g/mol. The van der Waals surface area contributed by atoms with Gasteiger partial charge in [0, 0.05) is 45.3 Å². The summed E-state index contributed by atoms with van der Waals surface area (Å²) in [4.78, 5) is 14.3. The number of esters is 1. The fraction of sp³-hybridized carbons (Fsp3) is 0.588. The maximum atomic E-state index is 12.8. The van der Waals surface area contributed by atoms with Gasteiger partial charge in [-0.05, 0) is 37.6 Å². The largest absolute Gasteiger partial charge is 0.462 e. The minimum atomic E-state index is -3.53. The van der Waals surface area contributed by atoms with Crippen LogP contribution in [0.2, 0.25) is 0 Å². The molecule has 2 fully saturated rings. The topological polar surface area (TPSA) is 79.0 Å². The molecule has 0 bridgehead atoms. The Bertz CT molecular complexity index is 699. The first kappa shape index (κ1) is 18.3. The molecular weight excluding hydrogens is 342 g/mol. The Labute approximate surface area is 149 Å². The van der Waals surface area contributed by atoms with Gasteiger partial charge in [0.2, 0.25) is 10.0 Å². The average Bonchev–Trinajstić information content (AvgIpc) is 3.14. The summed E-state index contributed by atoms with van der Waals surface area (Å²) in [6.07, 6.45) is 0.861. The Kier molecular flexibility index (Phi) is 5.73. The second kappa shape index (κ2) is 7.82. The molecule has 1 atom stereocenters. The molecule has 2 aliphatic rings. The minimum absolute atomic E-state index is 0.224. The molecular formula is C17H25N3O4S. The van der Waals surface area contributed by atoms with E-state index in [2.05, 4.69) is 10.2 Å². The fourth-order valence-corrected chi connectivity index (χ4v) is 4.89. The van der Waals surface area contributed by atoms with Crippen molar-refractivity contribution in [2.24, 2.45) is 0 Å². The number of nitrogens with one attached hydrogen (secondary N) is 1. The number of nitrogens with zero attached hydrogens (tertiary/aromatic N) is 2. The highest BCUT2D eigenvalue weighted by molar-refractivity contribution is 7.89. The number of carbonyl (C=O) groups excluding carboxylic acids is 1.